The normalized spacial score (nSPS) is 17.0. The molecule has 0 aliphatic carbocycles. The molecule has 1 saturated heterocycles. The van der Waals surface area contributed by atoms with Crippen LogP contribution in [0, 0.1) is 0 Å². The minimum Gasteiger partial charge on any atom is -0.451 e. The van der Waals surface area contributed by atoms with Crippen LogP contribution < -0.4 is 10.9 Å². The summed E-state index contributed by atoms with van der Waals surface area (Å²) >= 11 is 6.09. The molecule has 7 heteroatoms. The fourth-order valence-electron chi connectivity index (χ4n) is 2.31. The molecule has 2 amide bonds. The molecule has 1 atom stereocenters. The molecule has 0 saturated carbocycles. The maximum absolute atomic E-state index is 12.0. The third-order valence-corrected chi connectivity index (χ3v) is 3.82. The third kappa shape index (κ3) is 3.55. The second kappa shape index (κ2) is 6.85. The van der Waals surface area contributed by atoms with Gasteiger partial charge in [0.05, 0.1) is 5.02 Å². The molecule has 0 radical (unpaired) electrons. The highest BCUT2D eigenvalue weighted by atomic mass is 35.5. The number of nitrogens with one attached hydrogen (secondary N) is 2. The van der Waals surface area contributed by atoms with Crippen molar-refractivity contribution >= 4 is 23.4 Å². The van der Waals surface area contributed by atoms with Crippen LogP contribution in [0.15, 0.2) is 40.8 Å². The zero-order chi connectivity index (χ0) is 16.2. The van der Waals surface area contributed by atoms with E-state index in [0.29, 0.717) is 29.4 Å². The van der Waals surface area contributed by atoms with Crippen molar-refractivity contribution < 1.29 is 18.7 Å². The highest BCUT2D eigenvalue weighted by Gasteiger charge is 2.24. The number of halogens is 1. The molecule has 1 aromatic heterocycles. The molecule has 1 unspecified atom stereocenters. The van der Waals surface area contributed by atoms with Crippen LogP contribution in [0.4, 0.5) is 0 Å². The molecular weight excluding hydrogens is 320 g/mol. The zero-order valence-corrected chi connectivity index (χ0v) is 12.9. The standard InChI is InChI=1S/C16H15ClN2O4/c17-11-5-2-1-4-10(11)12-7-8-14(23-12)16(21)19-18-15(20)13-6-3-9-22-13/h1-2,4-5,7-8,13H,3,6,9H2,(H,18,20)(H,19,21). The maximum Gasteiger partial charge on any atom is 0.305 e. The summed E-state index contributed by atoms with van der Waals surface area (Å²) in [7, 11) is 0. The van der Waals surface area contributed by atoms with Crippen LogP contribution in [0.25, 0.3) is 11.3 Å². The number of amides is 2. The molecule has 1 aliphatic heterocycles. The van der Waals surface area contributed by atoms with Gasteiger partial charge in [0.2, 0.25) is 0 Å². The van der Waals surface area contributed by atoms with Crippen molar-refractivity contribution in [3.8, 4) is 11.3 Å². The lowest BCUT2D eigenvalue weighted by Crippen LogP contribution is -2.46. The number of carbonyl (C=O) groups is 2. The molecule has 23 heavy (non-hydrogen) atoms. The largest absolute Gasteiger partial charge is 0.451 e. The Morgan fingerprint density at radius 1 is 1.13 bits per heavy atom. The molecule has 2 N–H and O–H groups in total. The Labute approximate surface area is 137 Å². The van der Waals surface area contributed by atoms with Gasteiger partial charge in [-0.15, -0.1) is 0 Å². The van der Waals surface area contributed by atoms with E-state index in [1.807, 2.05) is 12.1 Å². The van der Waals surface area contributed by atoms with Gasteiger partial charge in [-0.2, -0.15) is 0 Å². The maximum atomic E-state index is 12.0. The van der Waals surface area contributed by atoms with Gasteiger partial charge in [0.25, 0.3) is 5.91 Å². The van der Waals surface area contributed by atoms with E-state index in [9.17, 15) is 9.59 Å². The average molecular weight is 335 g/mol. The van der Waals surface area contributed by atoms with E-state index in [1.165, 1.54) is 6.07 Å². The van der Waals surface area contributed by atoms with Gasteiger partial charge in [0, 0.05) is 12.2 Å². The topological polar surface area (TPSA) is 80.6 Å². The lowest BCUT2D eigenvalue weighted by Gasteiger charge is -2.10. The van der Waals surface area contributed by atoms with E-state index in [2.05, 4.69) is 10.9 Å². The van der Waals surface area contributed by atoms with Crippen molar-refractivity contribution in [1.29, 1.82) is 0 Å². The molecule has 0 bridgehead atoms. The summed E-state index contributed by atoms with van der Waals surface area (Å²) < 4.78 is 10.7. The number of furan rings is 1. The highest BCUT2D eigenvalue weighted by molar-refractivity contribution is 6.33. The van der Waals surface area contributed by atoms with Crippen LogP contribution in [0.2, 0.25) is 5.02 Å². The molecule has 1 aliphatic rings. The smallest absolute Gasteiger partial charge is 0.305 e. The summed E-state index contributed by atoms with van der Waals surface area (Å²) in [6, 6.07) is 10.3. The Hall–Kier alpha value is -2.31. The summed E-state index contributed by atoms with van der Waals surface area (Å²) in [4.78, 5) is 23.8. The zero-order valence-electron chi connectivity index (χ0n) is 12.2. The van der Waals surface area contributed by atoms with Crippen molar-refractivity contribution in [1.82, 2.24) is 10.9 Å². The predicted octanol–water partition coefficient (Wildman–Crippen LogP) is 2.54. The molecule has 120 valence electrons. The van der Waals surface area contributed by atoms with Crippen LogP contribution in [-0.4, -0.2) is 24.5 Å². The van der Waals surface area contributed by atoms with Crippen LogP contribution in [0.5, 0.6) is 0 Å². The number of rotatable bonds is 3. The second-order valence-electron chi connectivity index (χ2n) is 5.09. The van der Waals surface area contributed by atoms with Crippen molar-refractivity contribution in [3.05, 3.63) is 47.2 Å². The summed E-state index contributed by atoms with van der Waals surface area (Å²) in [6.07, 6.45) is 0.982. The predicted molar refractivity (Wildman–Crippen MR) is 83.7 cm³/mol. The molecule has 1 aromatic carbocycles. The summed E-state index contributed by atoms with van der Waals surface area (Å²) in [6.45, 7) is 0.561. The minimum absolute atomic E-state index is 0.0764. The number of carbonyl (C=O) groups excluding carboxylic acids is 2. The van der Waals surface area contributed by atoms with E-state index in [1.54, 1.807) is 18.2 Å². The summed E-state index contributed by atoms with van der Waals surface area (Å²) in [5.74, 6) is -0.359. The van der Waals surface area contributed by atoms with Crippen molar-refractivity contribution in [2.24, 2.45) is 0 Å². The fourth-order valence-corrected chi connectivity index (χ4v) is 2.54. The van der Waals surface area contributed by atoms with Gasteiger partial charge in [0.15, 0.2) is 5.76 Å². The second-order valence-corrected chi connectivity index (χ2v) is 5.50. The summed E-state index contributed by atoms with van der Waals surface area (Å²) in [5.41, 5.74) is 5.33. The fraction of sp³-hybridized carbons (Fsp3) is 0.250. The van der Waals surface area contributed by atoms with Gasteiger partial charge in [-0.05, 0) is 37.1 Å². The molecule has 1 fully saturated rings. The number of ether oxygens (including phenoxy) is 1. The molecule has 6 nitrogen and oxygen atoms in total. The Morgan fingerprint density at radius 3 is 2.70 bits per heavy atom. The highest BCUT2D eigenvalue weighted by Crippen LogP contribution is 2.28. The van der Waals surface area contributed by atoms with Gasteiger partial charge in [-0.25, -0.2) is 0 Å². The minimum atomic E-state index is -0.547. The first-order valence-electron chi connectivity index (χ1n) is 7.21. The van der Waals surface area contributed by atoms with Crippen molar-refractivity contribution in [3.63, 3.8) is 0 Å². The number of hydrogen-bond donors (Lipinski definition) is 2. The Morgan fingerprint density at radius 2 is 1.96 bits per heavy atom. The van der Waals surface area contributed by atoms with Crippen LogP contribution >= 0.6 is 11.6 Å². The quantitative estimate of drug-likeness (QED) is 0.845. The average Bonchev–Trinajstić information content (AvgIpc) is 3.24. The first-order valence-corrected chi connectivity index (χ1v) is 7.59. The van der Waals surface area contributed by atoms with E-state index >= 15 is 0 Å². The number of benzene rings is 1. The molecule has 3 rings (SSSR count). The Bertz CT molecular complexity index is 722. The van der Waals surface area contributed by atoms with Crippen LogP contribution in [0.1, 0.15) is 23.4 Å². The monoisotopic (exact) mass is 334 g/mol. The van der Waals surface area contributed by atoms with Gasteiger partial charge in [-0.3, -0.25) is 20.4 Å². The van der Waals surface area contributed by atoms with Gasteiger partial charge in [0.1, 0.15) is 11.9 Å². The van der Waals surface area contributed by atoms with Gasteiger partial charge < -0.3 is 9.15 Å². The van der Waals surface area contributed by atoms with Gasteiger partial charge >= 0.3 is 5.91 Å². The van der Waals surface area contributed by atoms with E-state index < -0.39 is 12.0 Å². The third-order valence-electron chi connectivity index (χ3n) is 3.49. The van der Waals surface area contributed by atoms with Crippen LogP contribution in [-0.2, 0) is 9.53 Å². The Balaban J connectivity index is 1.62. The molecular formula is C16H15ClN2O4. The number of hydrazine groups is 1. The van der Waals surface area contributed by atoms with Crippen molar-refractivity contribution in [2.75, 3.05) is 6.61 Å². The first-order chi connectivity index (χ1) is 11.1. The van der Waals surface area contributed by atoms with E-state index in [4.69, 9.17) is 20.8 Å². The van der Waals surface area contributed by atoms with E-state index in [-0.39, 0.29) is 11.7 Å². The van der Waals surface area contributed by atoms with Crippen LogP contribution in [0.3, 0.4) is 0 Å². The number of hydrogen-bond acceptors (Lipinski definition) is 4. The molecule has 0 spiro atoms. The lowest BCUT2D eigenvalue weighted by molar-refractivity contribution is -0.130. The Kier molecular flexibility index (Phi) is 4.64. The summed E-state index contributed by atoms with van der Waals surface area (Å²) in [5, 5.41) is 0.528. The van der Waals surface area contributed by atoms with E-state index in [0.717, 1.165) is 6.42 Å². The first kappa shape index (κ1) is 15.6. The lowest BCUT2D eigenvalue weighted by atomic mass is 10.2. The van der Waals surface area contributed by atoms with Crippen molar-refractivity contribution in [2.45, 2.75) is 18.9 Å². The SMILES string of the molecule is O=C(NNC(=O)C1CCCO1)c1ccc(-c2ccccc2Cl)o1. The van der Waals surface area contributed by atoms with Gasteiger partial charge in [-0.1, -0.05) is 23.7 Å². The molecule has 2 heterocycles. The molecule has 2 aromatic rings.